The van der Waals surface area contributed by atoms with Crippen molar-refractivity contribution in [1.82, 2.24) is 0 Å². The van der Waals surface area contributed by atoms with E-state index in [9.17, 15) is 0 Å². The molecule has 12 aromatic rings. The molecule has 0 N–H and O–H groups in total. The van der Waals surface area contributed by atoms with Crippen molar-refractivity contribution in [3.8, 4) is 89.0 Å². The van der Waals surface area contributed by atoms with Crippen molar-refractivity contribution in [3.63, 3.8) is 0 Å². The zero-order valence-electron chi connectivity index (χ0n) is 51.3. The number of allylic oxidation sites excluding steroid dienone is 4. The Hall–Kier alpha value is -7.06. The number of hydrogen-bond donors (Lipinski definition) is 0. The third kappa shape index (κ3) is 16.4. The SMILES string of the molecule is BrBr.C1=CC(c2ccc(-c3ccc(-c4ccc5cccc(-c6ccc(-c7ccc(-c8ccccc8)cc7)cc6)c5c4)cc3)cc2)=CC1.Cc1ccc(-c2ccc(C)cc2)cc1.[CH3][Sn]([CH3])([CH3])[c]1ccc(-c2ccc(-c3cc[c]([Sn]([CH3])([CH3])[CH3])cc3)cc2)cc1. The van der Waals surface area contributed by atoms with Gasteiger partial charge in [-0.25, -0.2) is 0 Å². The van der Waals surface area contributed by atoms with Gasteiger partial charge in [0.2, 0.25) is 0 Å². The molecule has 0 atom stereocenters. The van der Waals surface area contributed by atoms with E-state index in [2.05, 4.69) is 375 Å². The average molecular weight is 1470 g/mol. The van der Waals surface area contributed by atoms with Crippen LogP contribution in [0.2, 0.25) is 29.6 Å². The summed E-state index contributed by atoms with van der Waals surface area (Å²) in [6.45, 7) is 4.22. The van der Waals surface area contributed by atoms with Gasteiger partial charge in [0.25, 0.3) is 0 Å². The van der Waals surface area contributed by atoms with Gasteiger partial charge >= 0.3 is 169 Å². The normalized spacial score (nSPS) is 11.8. The van der Waals surface area contributed by atoms with Crippen LogP contribution < -0.4 is 7.16 Å². The standard InChI is InChI=1S/C45H32.C18H12.C14H14.6CH3.Br2.2Sn/c1-2-7-32(8-3-1)34-13-19-37(20-14-34)39-25-27-42(28-26-39)44-12-6-11-41-29-30-43(31-45(41)44)40-23-21-38(22-24-40)36-17-15-35(16-18-36)33-9-4-5-10-33;1-3-7-15(8-4-1)17-11-13-18(14-12-17)16-9-5-2-6-10-16;1-11-3-7-13(8-4-11)14-9-5-12(2)6-10-14;;;;;;;1-2;;/h1-4,6-31H,5H2;3-14H;3-10H,1-2H3;6*1H3;;;. The van der Waals surface area contributed by atoms with Crippen LogP contribution in [0.4, 0.5) is 0 Å². The molecule has 4 heteroatoms. The molecule has 0 saturated carbocycles. The van der Waals surface area contributed by atoms with Crippen molar-refractivity contribution in [2.45, 2.75) is 49.9 Å². The maximum absolute atomic E-state index is 2.75. The summed E-state index contributed by atoms with van der Waals surface area (Å²) in [6, 6.07) is 104. The molecule has 87 heavy (non-hydrogen) atoms. The Morgan fingerprint density at radius 3 is 0.920 bits per heavy atom. The average Bonchev–Trinajstić information content (AvgIpc) is 3.68. The van der Waals surface area contributed by atoms with Gasteiger partial charge in [-0.1, -0.05) is 236 Å². The fraction of sp³-hybridized carbons (Fsp3) is 0.108. The van der Waals surface area contributed by atoms with Crippen molar-refractivity contribution in [2.75, 3.05) is 0 Å². The minimum absolute atomic E-state index is 1.03. The summed E-state index contributed by atoms with van der Waals surface area (Å²) >= 11 is 1.59. The molecule has 0 bridgehead atoms. The predicted molar refractivity (Wildman–Crippen MR) is 395 cm³/mol. The van der Waals surface area contributed by atoms with Gasteiger partial charge in [0.05, 0.1) is 0 Å². The van der Waals surface area contributed by atoms with Crippen molar-refractivity contribution in [3.05, 3.63) is 320 Å². The number of fused-ring (bicyclic) bond motifs is 1. The Labute approximate surface area is 542 Å². The van der Waals surface area contributed by atoms with E-state index >= 15 is 0 Å². The fourth-order valence-corrected chi connectivity index (χ4v) is 17.7. The molecular formula is C83H76Br2Sn2. The van der Waals surface area contributed by atoms with Crippen LogP contribution in [0.25, 0.3) is 105 Å². The molecule has 1 aliphatic rings. The predicted octanol–water partition coefficient (Wildman–Crippen LogP) is 24.3. The molecule has 0 unspecified atom stereocenters. The summed E-state index contributed by atoms with van der Waals surface area (Å²) in [5.41, 5.74) is 25.3. The van der Waals surface area contributed by atoms with E-state index in [1.165, 1.54) is 122 Å². The zero-order chi connectivity index (χ0) is 60.9. The Morgan fingerprint density at radius 2 is 0.575 bits per heavy atom. The van der Waals surface area contributed by atoms with Crippen LogP contribution in [0.5, 0.6) is 0 Å². The second-order valence-electron chi connectivity index (χ2n) is 24.7. The molecule has 0 aromatic heterocycles. The van der Waals surface area contributed by atoms with Crippen molar-refractivity contribution in [2.24, 2.45) is 0 Å². The first-order valence-corrected chi connectivity index (χ1v) is 53.8. The summed E-state index contributed by atoms with van der Waals surface area (Å²) in [5, 5.41) is 2.52. The van der Waals surface area contributed by atoms with E-state index in [4.69, 9.17) is 0 Å². The van der Waals surface area contributed by atoms with Gasteiger partial charge in [0, 0.05) is 28.3 Å². The van der Waals surface area contributed by atoms with Crippen LogP contribution in [0, 0.1) is 13.8 Å². The first kappa shape index (κ1) is 63.0. The van der Waals surface area contributed by atoms with Gasteiger partial charge < -0.3 is 0 Å². The molecule has 0 heterocycles. The number of benzene rings is 12. The van der Waals surface area contributed by atoms with Crippen molar-refractivity contribution < 1.29 is 0 Å². The third-order valence-electron chi connectivity index (χ3n) is 16.4. The summed E-state index contributed by atoms with van der Waals surface area (Å²) < 4.78 is 3.17. The molecule has 0 spiro atoms. The van der Waals surface area contributed by atoms with Gasteiger partial charge in [0.15, 0.2) is 0 Å². The molecule has 0 aliphatic heterocycles. The second-order valence-corrected chi connectivity index (χ2v) is 53.7. The Balaban J connectivity index is 0.000000167. The van der Waals surface area contributed by atoms with Gasteiger partial charge in [0.1, 0.15) is 0 Å². The summed E-state index contributed by atoms with van der Waals surface area (Å²) in [6.07, 6.45) is 7.73. The summed E-state index contributed by atoms with van der Waals surface area (Å²) in [5.74, 6) is 0. The van der Waals surface area contributed by atoms with Gasteiger partial charge in [-0.3, -0.25) is 0 Å². The van der Waals surface area contributed by atoms with Crippen LogP contribution in [0.3, 0.4) is 0 Å². The molecule has 1 aliphatic carbocycles. The van der Waals surface area contributed by atoms with Gasteiger partial charge in [-0.05, 0) is 115 Å². The van der Waals surface area contributed by atoms with E-state index in [0.717, 1.165) is 6.42 Å². The number of halogens is 2. The quantitative estimate of drug-likeness (QED) is 0.113. The third-order valence-corrected chi connectivity index (χ3v) is 28.2. The van der Waals surface area contributed by atoms with Crippen LogP contribution in [0.1, 0.15) is 23.1 Å². The topological polar surface area (TPSA) is 0 Å². The Kier molecular flexibility index (Phi) is 21.2. The van der Waals surface area contributed by atoms with Crippen molar-refractivity contribution in [1.29, 1.82) is 0 Å². The molecule has 0 nitrogen and oxygen atoms in total. The maximum atomic E-state index is 2.75. The minimum atomic E-state index is -1.95. The van der Waals surface area contributed by atoms with Crippen LogP contribution in [-0.2, 0) is 0 Å². The zero-order valence-corrected chi connectivity index (χ0v) is 60.2. The van der Waals surface area contributed by atoms with Gasteiger partial charge in [-0.2, -0.15) is 0 Å². The molecular weight excluding hydrogens is 1390 g/mol. The number of rotatable bonds is 11. The van der Waals surface area contributed by atoms with Gasteiger partial charge in [-0.15, -0.1) is 0 Å². The van der Waals surface area contributed by atoms with E-state index in [1.807, 2.05) is 0 Å². The molecule has 13 rings (SSSR count). The second kappa shape index (κ2) is 29.3. The number of aryl methyl sites for hydroxylation is 2. The molecule has 0 saturated heterocycles. The Morgan fingerprint density at radius 1 is 0.276 bits per heavy atom. The van der Waals surface area contributed by atoms with Crippen LogP contribution in [-0.4, -0.2) is 36.8 Å². The summed E-state index contributed by atoms with van der Waals surface area (Å²) in [7, 11) is 0. The molecule has 0 fully saturated rings. The first-order valence-electron chi connectivity index (χ1n) is 30.2. The number of hydrogen-bond acceptors (Lipinski definition) is 0. The molecule has 0 radical (unpaired) electrons. The van der Waals surface area contributed by atoms with E-state index in [-0.39, 0.29) is 0 Å². The first-order chi connectivity index (χ1) is 42.2. The summed E-state index contributed by atoms with van der Waals surface area (Å²) in [4.78, 5) is 14.8. The van der Waals surface area contributed by atoms with Crippen LogP contribution in [0.15, 0.2) is 303 Å². The van der Waals surface area contributed by atoms with E-state index < -0.39 is 36.8 Å². The molecule has 12 aromatic carbocycles. The van der Waals surface area contributed by atoms with Crippen molar-refractivity contribution >= 4 is 88.5 Å². The van der Waals surface area contributed by atoms with E-state index in [0.29, 0.717) is 0 Å². The monoisotopic (exact) mass is 1470 g/mol. The molecule has 430 valence electrons. The Bertz CT molecular complexity index is 4110. The molecule has 0 amide bonds. The fourth-order valence-electron chi connectivity index (χ4n) is 11.1. The van der Waals surface area contributed by atoms with E-state index in [1.54, 1.807) is 7.16 Å². The van der Waals surface area contributed by atoms with Crippen LogP contribution >= 0.6 is 28.3 Å².